The van der Waals surface area contributed by atoms with Gasteiger partial charge in [0.15, 0.2) is 0 Å². The average Bonchev–Trinajstić information content (AvgIpc) is 2.53. The molecule has 0 radical (unpaired) electrons. The summed E-state index contributed by atoms with van der Waals surface area (Å²) in [5.41, 5.74) is 0.611. The standard InChI is InChI=1S/C17H24BNO5/c1-3-4-5-6-11-22-15-9-7-14(8-10-15)18-23-16(20)12-19(2)13-17(21)24-18/h7-10H,3-6,11-13H2,1-2H3. The molecule has 1 fully saturated rings. The molecule has 1 aromatic carbocycles. The highest BCUT2D eigenvalue weighted by molar-refractivity contribution is 6.64. The van der Waals surface area contributed by atoms with Gasteiger partial charge in [-0.1, -0.05) is 38.3 Å². The van der Waals surface area contributed by atoms with Gasteiger partial charge in [0.05, 0.1) is 19.7 Å². The monoisotopic (exact) mass is 333 g/mol. The van der Waals surface area contributed by atoms with Crippen LogP contribution in [-0.2, 0) is 18.9 Å². The number of ether oxygens (including phenoxy) is 1. The third kappa shape index (κ3) is 5.89. The minimum Gasteiger partial charge on any atom is -0.494 e. The van der Waals surface area contributed by atoms with Gasteiger partial charge in [-0.2, -0.15) is 0 Å². The fraction of sp³-hybridized carbons (Fsp3) is 0.529. The minimum atomic E-state index is -1.00. The smallest absolute Gasteiger partial charge is 0.494 e. The van der Waals surface area contributed by atoms with E-state index in [0.717, 1.165) is 18.6 Å². The number of hydrogen-bond donors (Lipinski definition) is 0. The van der Waals surface area contributed by atoms with Crippen molar-refractivity contribution < 1.29 is 23.6 Å². The number of benzene rings is 1. The summed E-state index contributed by atoms with van der Waals surface area (Å²) in [5.74, 6) is -0.101. The quantitative estimate of drug-likeness (QED) is 0.555. The SMILES string of the molecule is CCCCCCOc1ccc(B2OC(=O)CN(C)CC(=O)O2)cc1. The first kappa shape index (κ1) is 18.3. The molecule has 1 heterocycles. The van der Waals surface area contributed by atoms with Gasteiger partial charge in [0.25, 0.3) is 0 Å². The Kier molecular flexibility index (Phi) is 7.12. The summed E-state index contributed by atoms with van der Waals surface area (Å²) >= 11 is 0. The van der Waals surface area contributed by atoms with Crippen LogP contribution in [0.15, 0.2) is 24.3 Å². The van der Waals surface area contributed by atoms with Crippen molar-refractivity contribution in [1.29, 1.82) is 0 Å². The minimum absolute atomic E-state index is 0.0601. The molecular weight excluding hydrogens is 309 g/mol. The van der Waals surface area contributed by atoms with Crippen LogP contribution < -0.4 is 10.2 Å². The van der Waals surface area contributed by atoms with Crippen LogP contribution in [0, 0.1) is 0 Å². The first-order chi connectivity index (χ1) is 11.6. The summed E-state index contributed by atoms with van der Waals surface area (Å²) in [7, 11) is 0.660. The molecule has 24 heavy (non-hydrogen) atoms. The van der Waals surface area contributed by atoms with Gasteiger partial charge in [-0.05, 0) is 25.6 Å². The fourth-order valence-corrected chi connectivity index (χ4v) is 2.41. The van der Waals surface area contributed by atoms with E-state index in [-0.39, 0.29) is 13.1 Å². The second kappa shape index (κ2) is 9.32. The summed E-state index contributed by atoms with van der Waals surface area (Å²) < 4.78 is 16.1. The highest BCUT2D eigenvalue weighted by Crippen LogP contribution is 2.11. The molecule has 0 saturated carbocycles. The maximum absolute atomic E-state index is 11.8. The number of carbonyl (C=O) groups is 2. The highest BCUT2D eigenvalue weighted by Gasteiger charge is 2.33. The molecule has 0 spiro atoms. The van der Waals surface area contributed by atoms with Crippen LogP contribution in [0.25, 0.3) is 0 Å². The lowest BCUT2D eigenvalue weighted by Crippen LogP contribution is -2.47. The number of carbonyl (C=O) groups excluding carboxylic acids is 2. The van der Waals surface area contributed by atoms with Gasteiger partial charge in [0.1, 0.15) is 5.75 Å². The van der Waals surface area contributed by atoms with E-state index >= 15 is 0 Å². The van der Waals surface area contributed by atoms with Crippen molar-refractivity contribution in [3.8, 4) is 5.75 Å². The number of unbranched alkanes of at least 4 members (excludes halogenated alkanes) is 3. The zero-order chi connectivity index (χ0) is 17.4. The van der Waals surface area contributed by atoms with Crippen molar-refractivity contribution in [2.45, 2.75) is 32.6 Å². The van der Waals surface area contributed by atoms with E-state index in [1.165, 1.54) is 12.8 Å². The molecule has 1 aliphatic rings. The molecule has 6 nitrogen and oxygen atoms in total. The molecule has 0 aromatic heterocycles. The Balaban J connectivity index is 1.91. The number of likely N-dealkylation sites (N-methyl/N-ethyl adjacent to an activating group) is 1. The van der Waals surface area contributed by atoms with Gasteiger partial charge < -0.3 is 14.0 Å². The molecule has 1 saturated heterocycles. The van der Waals surface area contributed by atoms with Crippen molar-refractivity contribution in [2.24, 2.45) is 0 Å². The Morgan fingerprint density at radius 1 is 1.04 bits per heavy atom. The molecule has 1 aromatic rings. The van der Waals surface area contributed by atoms with E-state index in [0.29, 0.717) is 12.1 Å². The molecule has 0 amide bonds. The molecule has 130 valence electrons. The Hall–Kier alpha value is -2.02. The van der Waals surface area contributed by atoms with Gasteiger partial charge in [-0.3, -0.25) is 14.5 Å². The fourth-order valence-electron chi connectivity index (χ4n) is 2.41. The van der Waals surface area contributed by atoms with Gasteiger partial charge in [0.2, 0.25) is 0 Å². The Bertz CT molecular complexity index is 528. The van der Waals surface area contributed by atoms with Crippen molar-refractivity contribution in [2.75, 3.05) is 26.7 Å². The topological polar surface area (TPSA) is 65.1 Å². The van der Waals surface area contributed by atoms with Crippen LogP contribution in [0.5, 0.6) is 5.75 Å². The summed E-state index contributed by atoms with van der Waals surface area (Å²) in [5, 5.41) is 0. The van der Waals surface area contributed by atoms with Gasteiger partial charge in [-0.15, -0.1) is 0 Å². The summed E-state index contributed by atoms with van der Waals surface area (Å²) in [6.45, 7) is 2.97. The predicted octanol–water partition coefficient (Wildman–Crippen LogP) is 1.37. The first-order valence-corrected chi connectivity index (χ1v) is 8.38. The Morgan fingerprint density at radius 3 is 2.25 bits per heavy atom. The van der Waals surface area contributed by atoms with Crippen molar-refractivity contribution in [1.82, 2.24) is 4.90 Å². The molecule has 7 heteroatoms. The normalized spacial score (nSPS) is 16.2. The van der Waals surface area contributed by atoms with E-state index in [2.05, 4.69) is 6.92 Å². The number of hydrogen-bond acceptors (Lipinski definition) is 6. The molecule has 0 atom stereocenters. The Labute approximate surface area is 143 Å². The van der Waals surface area contributed by atoms with Crippen LogP contribution in [0.1, 0.15) is 32.6 Å². The van der Waals surface area contributed by atoms with E-state index in [1.54, 1.807) is 36.2 Å². The third-order valence-electron chi connectivity index (χ3n) is 3.69. The third-order valence-corrected chi connectivity index (χ3v) is 3.69. The predicted molar refractivity (Wildman–Crippen MR) is 91.1 cm³/mol. The molecule has 0 bridgehead atoms. The van der Waals surface area contributed by atoms with Crippen molar-refractivity contribution >= 4 is 24.5 Å². The molecule has 0 aliphatic carbocycles. The second-order valence-electron chi connectivity index (χ2n) is 5.96. The zero-order valence-corrected chi connectivity index (χ0v) is 14.3. The molecule has 0 N–H and O–H groups in total. The molecule has 2 rings (SSSR count). The Morgan fingerprint density at radius 2 is 1.67 bits per heavy atom. The summed E-state index contributed by atoms with van der Waals surface area (Å²) in [6.07, 6.45) is 4.61. The van der Waals surface area contributed by atoms with Crippen LogP contribution in [-0.4, -0.2) is 50.7 Å². The number of nitrogens with zero attached hydrogens (tertiary/aromatic N) is 1. The second-order valence-corrected chi connectivity index (χ2v) is 5.96. The molecule has 1 aliphatic heterocycles. The largest absolute Gasteiger partial charge is 0.636 e. The van der Waals surface area contributed by atoms with Crippen LogP contribution in [0.3, 0.4) is 0 Å². The van der Waals surface area contributed by atoms with E-state index in [1.807, 2.05) is 0 Å². The average molecular weight is 333 g/mol. The van der Waals surface area contributed by atoms with Gasteiger partial charge in [0, 0.05) is 5.46 Å². The lowest BCUT2D eigenvalue weighted by atomic mass is 9.78. The molecule has 0 unspecified atom stereocenters. The lowest BCUT2D eigenvalue weighted by molar-refractivity contribution is -0.145. The zero-order valence-electron chi connectivity index (χ0n) is 14.3. The van der Waals surface area contributed by atoms with E-state index in [9.17, 15) is 9.59 Å². The molecular formula is C17H24BNO5. The van der Waals surface area contributed by atoms with Crippen LogP contribution >= 0.6 is 0 Å². The van der Waals surface area contributed by atoms with Crippen LogP contribution in [0.4, 0.5) is 0 Å². The van der Waals surface area contributed by atoms with Crippen molar-refractivity contribution in [3.63, 3.8) is 0 Å². The van der Waals surface area contributed by atoms with Crippen molar-refractivity contribution in [3.05, 3.63) is 24.3 Å². The van der Waals surface area contributed by atoms with E-state index < -0.39 is 19.1 Å². The summed E-state index contributed by atoms with van der Waals surface area (Å²) in [6, 6.07) is 7.08. The highest BCUT2D eigenvalue weighted by atomic mass is 16.6. The number of rotatable bonds is 7. The first-order valence-electron chi connectivity index (χ1n) is 8.38. The van der Waals surface area contributed by atoms with Gasteiger partial charge >= 0.3 is 19.1 Å². The summed E-state index contributed by atoms with van der Waals surface area (Å²) in [4.78, 5) is 25.1. The lowest BCUT2D eigenvalue weighted by Gasteiger charge is -2.22. The van der Waals surface area contributed by atoms with E-state index in [4.69, 9.17) is 14.0 Å². The van der Waals surface area contributed by atoms with Gasteiger partial charge in [-0.25, -0.2) is 0 Å². The maximum atomic E-state index is 11.8. The van der Waals surface area contributed by atoms with Crippen LogP contribution in [0.2, 0.25) is 0 Å². The maximum Gasteiger partial charge on any atom is 0.636 e.